The zero-order valence-corrected chi connectivity index (χ0v) is 17.8. The smallest absolute Gasteiger partial charge is 0.233 e. The molecule has 3 rings (SSSR count). The molecule has 2 atom stereocenters. The van der Waals surface area contributed by atoms with Crippen LogP contribution in [-0.2, 0) is 28.1 Å². The van der Waals surface area contributed by atoms with Crippen molar-refractivity contribution in [2.75, 3.05) is 11.5 Å². The molecule has 0 spiro atoms. The fraction of sp³-hybridized carbons (Fsp3) is 0.833. The van der Waals surface area contributed by atoms with Crippen molar-refractivity contribution in [3.8, 4) is 0 Å². The van der Waals surface area contributed by atoms with Crippen molar-refractivity contribution < 1.29 is 13.2 Å². The molecule has 1 saturated carbocycles. The molecule has 0 aromatic carbocycles. The number of nitrogens with one attached hydrogen (secondary N) is 1. The van der Waals surface area contributed by atoms with Crippen molar-refractivity contribution in [3.05, 3.63) is 5.82 Å². The number of sulfone groups is 1. The second-order valence-electron chi connectivity index (χ2n) is 7.89. The van der Waals surface area contributed by atoms with Gasteiger partial charge in [-0.3, -0.25) is 4.79 Å². The van der Waals surface area contributed by atoms with Crippen molar-refractivity contribution in [3.63, 3.8) is 0 Å². The highest BCUT2D eigenvalue weighted by atomic mass is 32.2. The quantitative estimate of drug-likeness (QED) is 0.566. The highest BCUT2D eigenvalue weighted by molar-refractivity contribution is 8.00. The predicted octanol–water partition coefficient (Wildman–Crippen LogP) is 2.11. The second-order valence-corrected chi connectivity index (χ2v) is 11.4. The van der Waals surface area contributed by atoms with Gasteiger partial charge in [0.2, 0.25) is 5.91 Å². The van der Waals surface area contributed by atoms with E-state index in [-0.39, 0.29) is 28.6 Å². The average Bonchev–Trinajstić information content (AvgIpc) is 3.00. The first-order chi connectivity index (χ1) is 12.8. The summed E-state index contributed by atoms with van der Waals surface area (Å²) in [5, 5.41) is 12.1. The van der Waals surface area contributed by atoms with Crippen LogP contribution in [-0.4, -0.2) is 51.9 Å². The molecule has 0 unspecified atom stereocenters. The number of nitrogens with zero attached hydrogens (tertiary/aromatic N) is 3. The van der Waals surface area contributed by atoms with Crippen LogP contribution in [0.1, 0.15) is 57.7 Å². The average molecular weight is 415 g/mol. The maximum absolute atomic E-state index is 12.5. The van der Waals surface area contributed by atoms with Gasteiger partial charge in [-0.1, -0.05) is 37.4 Å². The number of aromatic nitrogens is 3. The summed E-state index contributed by atoms with van der Waals surface area (Å²) in [6.45, 7) is 1.90. The van der Waals surface area contributed by atoms with Crippen LogP contribution in [0, 0.1) is 5.92 Å². The molecule has 152 valence electrons. The molecule has 1 amide bonds. The summed E-state index contributed by atoms with van der Waals surface area (Å²) < 4.78 is 25.2. The van der Waals surface area contributed by atoms with Crippen LogP contribution in [0.3, 0.4) is 0 Å². The van der Waals surface area contributed by atoms with Gasteiger partial charge in [-0.05, 0) is 32.1 Å². The van der Waals surface area contributed by atoms with E-state index >= 15 is 0 Å². The molecule has 2 fully saturated rings. The Bertz CT molecular complexity index is 755. The minimum Gasteiger partial charge on any atom is -0.352 e. The lowest BCUT2D eigenvalue weighted by molar-refractivity contribution is -0.121. The number of hydrogen-bond donors (Lipinski definition) is 1. The lowest BCUT2D eigenvalue weighted by Crippen LogP contribution is -2.39. The maximum atomic E-state index is 12.5. The van der Waals surface area contributed by atoms with E-state index < -0.39 is 9.84 Å². The van der Waals surface area contributed by atoms with Crippen molar-refractivity contribution in [2.24, 2.45) is 13.0 Å². The van der Waals surface area contributed by atoms with E-state index in [9.17, 15) is 13.2 Å². The SMILES string of the molecule is C[C@H](Sc1nnc(C[C@@H]2CCS(=O)(=O)C2)n1C)C(=O)NC1CCCCCC1. The Labute approximate surface area is 166 Å². The number of thioether (sulfide) groups is 1. The predicted molar refractivity (Wildman–Crippen MR) is 106 cm³/mol. The molecule has 1 aliphatic carbocycles. The number of carbonyl (C=O) groups is 1. The molecule has 0 bridgehead atoms. The first-order valence-electron chi connectivity index (χ1n) is 9.90. The van der Waals surface area contributed by atoms with E-state index in [4.69, 9.17) is 0 Å². The van der Waals surface area contributed by atoms with E-state index in [0.717, 1.165) is 18.7 Å². The van der Waals surface area contributed by atoms with Gasteiger partial charge >= 0.3 is 0 Å². The molecule has 1 saturated heterocycles. The summed E-state index contributed by atoms with van der Waals surface area (Å²) >= 11 is 1.41. The molecule has 1 aromatic rings. The van der Waals surface area contributed by atoms with Gasteiger partial charge < -0.3 is 9.88 Å². The number of rotatable bonds is 6. The van der Waals surface area contributed by atoms with E-state index in [1.807, 2.05) is 18.5 Å². The Kier molecular flexibility index (Phi) is 6.83. The van der Waals surface area contributed by atoms with Gasteiger partial charge in [-0.15, -0.1) is 10.2 Å². The minimum absolute atomic E-state index is 0.0540. The molecule has 1 aromatic heterocycles. The van der Waals surface area contributed by atoms with Crippen molar-refractivity contribution in [1.82, 2.24) is 20.1 Å². The monoisotopic (exact) mass is 414 g/mol. The molecule has 2 heterocycles. The Hall–Kier alpha value is -1.09. The zero-order chi connectivity index (χ0) is 19.4. The molecular weight excluding hydrogens is 384 g/mol. The van der Waals surface area contributed by atoms with Gasteiger partial charge in [0.15, 0.2) is 15.0 Å². The van der Waals surface area contributed by atoms with Gasteiger partial charge in [0, 0.05) is 19.5 Å². The Morgan fingerprint density at radius 2 is 1.93 bits per heavy atom. The summed E-state index contributed by atoms with van der Waals surface area (Å²) in [6.07, 6.45) is 8.36. The van der Waals surface area contributed by atoms with E-state index in [1.165, 1.54) is 37.4 Å². The summed E-state index contributed by atoms with van der Waals surface area (Å²) in [6, 6.07) is 0.294. The lowest BCUT2D eigenvalue weighted by Gasteiger charge is -2.19. The molecule has 7 nitrogen and oxygen atoms in total. The van der Waals surface area contributed by atoms with Gasteiger partial charge in [0.1, 0.15) is 5.82 Å². The summed E-state index contributed by atoms with van der Waals surface area (Å²) in [7, 11) is -0.998. The Morgan fingerprint density at radius 1 is 1.22 bits per heavy atom. The van der Waals surface area contributed by atoms with Crippen molar-refractivity contribution in [2.45, 2.75) is 74.7 Å². The topological polar surface area (TPSA) is 93.9 Å². The van der Waals surface area contributed by atoms with Gasteiger partial charge in [-0.2, -0.15) is 0 Å². The molecule has 0 radical (unpaired) electrons. The van der Waals surface area contributed by atoms with Crippen molar-refractivity contribution in [1.29, 1.82) is 0 Å². The van der Waals surface area contributed by atoms with Crippen LogP contribution in [0.25, 0.3) is 0 Å². The third-order valence-electron chi connectivity index (χ3n) is 5.58. The Morgan fingerprint density at radius 3 is 2.56 bits per heavy atom. The molecule has 1 aliphatic heterocycles. The zero-order valence-electron chi connectivity index (χ0n) is 16.2. The second kappa shape index (κ2) is 8.94. The van der Waals surface area contributed by atoms with Crippen molar-refractivity contribution >= 4 is 27.5 Å². The van der Waals surface area contributed by atoms with Crippen LogP contribution in [0.4, 0.5) is 0 Å². The highest BCUT2D eigenvalue weighted by Crippen LogP contribution is 2.26. The van der Waals surface area contributed by atoms with Gasteiger partial charge in [0.05, 0.1) is 16.8 Å². The lowest BCUT2D eigenvalue weighted by atomic mass is 10.1. The molecule has 27 heavy (non-hydrogen) atoms. The third kappa shape index (κ3) is 5.70. The maximum Gasteiger partial charge on any atom is 0.233 e. The fourth-order valence-electron chi connectivity index (χ4n) is 3.87. The van der Waals surface area contributed by atoms with Crippen LogP contribution >= 0.6 is 11.8 Å². The van der Waals surface area contributed by atoms with Crippen LogP contribution in [0.2, 0.25) is 0 Å². The van der Waals surface area contributed by atoms with Gasteiger partial charge in [0.25, 0.3) is 0 Å². The first-order valence-corrected chi connectivity index (χ1v) is 12.6. The van der Waals surface area contributed by atoms with Crippen LogP contribution < -0.4 is 5.32 Å². The molecular formula is C18H30N4O3S2. The largest absolute Gasteiger partial charge is 0.352 e. The van der Waals surface area contributed by atoms with E-state index in [0.29, 0.717) is 24.0 Å². The molecule has 9 heteroatoms. The molecule has 1 N–H and O–H groups in total. The molecule has 2 aliphatic rings. The highest BCUT2D eigenvalue weighted by Gasteiger charge is 2.29. The van der Waals surface area contributed by atoms with E-state index in [2.05, 4.69) is 15.5 Å². The third-order valence-corrected chi connectivity index (χ3v) is 8.55. The number of amides is 1. The van der Waals surface area contributed by atoms with E-state index in [1.54, 1.807) is 0 Å². The minimum atomic E-state index is -2.88. The standard InChI is InChI=1S/C18H30N4O3S2/c1-13(17(23)19-15-7-5-3-4-6-8-15)26-18-21-20-16(22(18)2)11-14-9-10-27(24,25)12-14/h13-15H,3-12H2,1-2H3,(H,19,23)/t13-,14-/m0/s1. The summed E-state index contributed by atoms with van der Waals surface area (Å²) in [5.74, 6) is 1.47. The summed E-state index contributed by atoms with van der Waals surface area (Å²) in [5.41, 5.74) is 0. The number of carbonyl (C=O) groups excluding carboxylic acids is 1. The Balaban J connectivity index is 1.54. The normalized spacial score (nSPS) is 24.4. The summed E-state index contributed by atoms with van der Waals surface area (Å²) in [4.78, 5) is 12.5. The number of hydrogen-bond acceptors (Lipinski definition) is 6. The van der Waals surface area contributed by atoms with Crippen LogP contribution in [0.15, 0.2) is 5.16 Å². The fourth-order valence-corrected chi connectivity index (χ4v) is 6.58. The van der Waals surface area contributed by atoms with Crippen LogP contribution in [0.5, 0.6) is 0 Å². The van der Waals surface area contributed by atoms with Gasteiger partial charge in [-0.25, -0.2) is 8.42 Å². The first kappa shape index (κ1) is 20.6.